The highest BCUT2D eigenvalue weighted by atomic mass is 79.9. The molecule has 0 aliphatic rings. The van der Waals surface area contributed by atoms with Crippen LogP contribution in [0.2, 0.25) is 0 Å². The molecule has 21 heavy (non-hydrogen) atoms. The Morgan fingerprint density at radius 1 is 1.38 bits per heavy atom. The molecule has 1 heterocycles. The zero-order chi connectivity index (χ0) is 15.4. The lowest BCUT2D eigenvalue weighted by Gasteiger charge is -2.17. The van der Waals surface area contributed by atoms with E-state index < -0.39 is 5.97 Å². The molecule has 2 aromatic rings. The van der Waals surface area contributed by atoms with E-state index in [1.54, 1.807) is 12.1 Å². The number of esters is 1. The van der Waals surface area contributed by atoms with Crippen molar-refractivity contribution >= 4 is 21.9 Å². The summed E-state index contributed by atoms with van der Waals surface area (Å²) in [6.45, 7) is 4.85. The lowest BCUT2D eigenvalue weighted by molar-refractivity contribution is 0.0562. The third kappa shape index (κ3) is 3.54. The van der Waals surface area contributed by atoms with Gasteiger partial charge in [0, 0.05) is 4.47 Å². The average molecular weight is 352 g/mol. The summed E-state index contributed by atoms with van der Waals surface area (Å²) in [6, 6.07) is 9.48. The van der Waals surface area contributed by atoms with Gasteiger partial charge in [-0.3, -0.25) is 0 Å². The van der Waals surface area contributed by atoms with Gasteiger partial charge in [0.1, 0.15) is 5.76 Å². The zero-order valence-electron chi connectivity index (χ0n) is 12.3. The van der Waals surface area contributed by atoms with E-state index in [9.17, 15) is 4.79 Å². The maximum absolute atomic E-state index is 11.5. The van der Waals surface area contributed by atoms with Crippen molar-refractivity contribution in [2.45, 2.75) is 19.9 Å². The number of carbonyl (C=O) groups is 1. The first kappa shape index (κ1) is 15.8. The number of hydrogen-bond donors (Lipinski definition) is 1. The van der Waals surface area contributed by atoms with Crippen molar-refractivity contribution in [1.29, 1.82) is 0 Å². The summed E-state index contributed by atoms with van der Waals surface area (Å²) in [7, 11) is 1.34. The van der Waals surface area contributed by atoms with Crippen LogP contribution in [0.3, 0.4) is 0 Å². The Balaban J connectivity index is 2.36. The number of nitrogens with one attached hydrogen (secondary N) is 1. The minimum atomic E-state index is -0.471. The molecule has 0 amide bonds. The van der Waals surface area contributed by atoms with Gasteiger partial charge in [-0.25, -0.2) is 4.79 Å². The van der Waals surface area contributed by atoms with Gasteiger partial charge in [-0.1, -0.05) is 35.0 Å². The molecule has 5 heteroatoms. The van der Waals surface area contributed by atoms with Crippen molar-refractivity contribution < 1.29 is 13.9 Å². The summed E-state index contributed by atoms with van der Waals surface area (Å²) < 4.78 is 11.3. The van der Waals surface area contributed by atoms with Crippen molar-refractivity contribution in [3.8, 4) is 0 Å². The van der Waals surface area contributed by atoms with Crippen LogP contribution >= 0.6 is 15.9 Å². The minimum Gasteiger partial charge on any atom is -0.463 e. The largest absolute Gasteiger partial charge is 0.463 e. The third-order valence-corrected chi connectivity index (χ3v) is 4.09. The van der Waals surface area contributed by atoms with Gasteiger partial charge in [-0.05, 0) is 42.8 Å². The predicted octanol–water partition coefficient (Wildman–Crippen LogP) is 3.84. The van der Waals surface area contributed by atoms with Crippen LogP contribution in [-0.2, 0) is 4.74 Å². The Hall–Kier alpha value is -1.59. The number of hydrogen-bond acceptors (Lipinski definition) is 4. The van der Waals surface area contributed by atoms with Crippen LogP contribution in [0.1, 0.15) is 40.4 Å². The molecule has 0 fully saturated rings. The molecule has 2 rings (SSSR count). The molecule has 0 bridgehead atoms. The number of furan rings is 1. The fourth-order valence-electron chi connectivity index (χ4n) is 2.09. The Morgan fingerprint density at radius 2 is 2.14 bits per heavy atom. The first-order chi connectivity index (χ1) is 10.1. The summed E-state index contributed by atoms with van der Waals surface area (Å²) in [6.07, 6.45) is 0. The Morgan fingerprint density at radius 3 is 2.76 bits per heavy atom. The maximum Gasteiger partial charge on any atom is 0.373 e. The summed E-state index contributed by atoms with van der Waals surface area (Å²) in [5, 5.41) is 3.37. The SMILES string of the molecule is CCNC(c1ccc(C)c(Br)c1)c1ccc(C(=O)OC)o1. The number of halogens is 1. The zero-order valence-corrected chi connectivity index (χ0v) is 13.9. The van der Waals surface area contributed by atoms with E-state index in [1.807, 2.05) is 26.0 Å². The minimum absolute atomic E-state index is 0.106. The molecule has 1 N–H and O–H groups in total. The van der Waals surface area contributed by atoms with Crippen LogP contribution in [0.15, 0.2) is 39.2 Å². The van der Waals surface area contributed by atoms with Crippen molar-refractivity contribution in [3.63, 3.8) is 0 Å². The van der Waals surface area contributed by atoms with Crippen LogP contribution in [-0.4, -0.2) is 19.6 Å². The number of methoxy groups -OCH3 is 1. The molecule has 4 nitrogen and oxygen atoms in total. The number of ether oxygens (including phenoxy) is 1. The van der Waals surface area contributed by atoms with E-state index in [2.05, 4.69) is 32.0 Å². The Bertz CT molecular complexity index is 636. The summed E-state index contributed by atoms with van der Waals surface area (Å²) in [5.74, 6) is 0.427. The van der Waals surface area contributed by atoms with Crippen LogP contribution in [0.25, 0.3) is 0 Å². The first-order valence-corrected chi connectivity index (χ1v) is 7.53. The second-order valence-electron chi connectivity index (χ2n) is 4.69. The van der Waals surface area contributed by atoms with Gasteiger partial charge >= 0.3 is 5.97 Å². The second-order valence-corrected chi connectivity index (χ2v) is 5.55. The van der Waals surface area contributed by atoms with E-state index in [4.69, 9.17) is 4.42 Å². The molecular weight excluding hydrogens is 334 g/mol. The number of aryl methyl sites for hydroxylation is 1. The Kier molecular flexibility index (Phi) is 5.20. The fraction of sp³-hybridized carbons (Fsp3) is 0.312. The molecule has 0 aliphatic carbocycles. The van der Waals surface area contributed by atoms with Crippen LogP contribution in [0, 0.1) is 6.92 Å². The molecule has 0 aliphatic heterocycles. The molecule has 1 atom stereocenters. The molecule has 0 saturated heterocycles. The van der Waals surface area contributed by atoms with Crippen LogP contribution in [0.5, 0.6) is 0 Å². The molecule has 1 aromatic heterocycles. The average Bonchev–Trinajstić information content (AvgIpc) is 2.96. The monoisotopic (exact) mass is 351 g/mol. The fourth-order valence-corrected chi connectivity index (χ4v) is 2.49. The molecule has 112 valence electrons. The van der Waals surface area contributed by atoms with E-state index in [-0.39, 0.29) is 11.8 Å². The van der Waals surface area contributed by atoms with E-state index in [0.717, 1.165) is 16.6 Å². The molecule has 1 aromatic carbocycles. The highest BCUT2D eigenvalue weighted by Gasteiger charge is 2.20. The third-order valence-electron chi connectivity index (χ3n) is 3.24. The summed E-state index contributed by atoms with van der Waals surface area (Å²) in [4.78, 5) is 11.5. The highest BCUT2D eigenvalue weighted by molar-refractivity contribution is 9.10. The van der Waals surface area contributed by atoms with Crippen LogP contribution < -0.4 is 5.32 Å². The van der Waals surface area contributed by atoms with Gasteiger partial charge in [-0.15, -0.1) is 0 Å². The summed E-state index contributed by atoms with van der Waals surface area (Å²) >= 11 is 3.55. The molecule has 0 radical (unpaired) electrons. The molecule has 0 spiro atoms. The first-order valence-electron chi connectivity index (χ1n) is 6.74. The van der Waals surface area contributed by atoms with E-state index in [0.29, 0.717) is 5.76 Å². The molecule has 1 unspecified atom stereocenters. The lowest BCUT2D eigenvalue weighted by atomic mass is 10.0. The standard InChI is InChI=1S/C16H18BrNO3/c1-4-18-15(11-6-5-10(2)12(17)9-11)13-7-8-14(21-13)16(19)20-3/h5-9,15,18H,4H2,1-3H3. The van der Waals surface area contributed by atoms with Gasteiger partial charge < -0.3 is 14.5 Å². The van der Waals surface area contributed by atoms with Gasteiger partial charge in [0.2, 0.25) is 5.76 Å². The number of rotatable bonds is 5. The van der Waals surface area contributed by atoms with Crippen molar-refractivity contribution in [2.24, 2.45) is 0 Å². The van der Waals surface area contributed by atoms with Gasteiger partial charge in [0.05, 0.1) is 13.2 Å². The summed E-state index contributed by atoms with van der Waals surface area (Å²) in [5.41, 5.74) is 2.24. The van der Waals surface area contributed by atoms with Crippen LogP contribution in [0.4, 0.5) is 0 Å². The number of benzene rings is 1. The van der Waals surface area contributed by atoms with Crippen molar-refractivity contribution in [2.75, 3.05) is 13.7 Å². The maximum atomic E-state index is 11.5. The number of carbonyl (C=O) groups excluding carboxylic acids is 1. The Labute approximate surface area is 132 Å². The van der Waals surface area contributed by atoms with Crippen molar-refractivity contribution in [1.82, 2.24) is 5.32 Å². The smallest absolute Gasteiger partial charge is 0.373 e. The second kappa shape index (κ2) is 6.91. The normalized spacial score (nSPS) is 12.2. The lowest BCUT2D eigenvalue weighted by Crippen LogP contribution is -2.21. The van der Waals surface area contributed by atoms with Gasteiger partial charge in [0.25, 0.3) is 0 Å². The topological polar surface area (TPSA) is 51.5 Å². The predicted molar refractivity (Wildman–Crippen MR) is 84.4 cm³/mol. The van der Waals surface area contributed by atoms with Gasteiger partial charge in [0.15, 0.2) is 0 Å². The van der Waals surface area contributed by atoms with E-state index in [1.165, 1.54) is 12.7 Å². The van der Waals surface area contributed by atoms with Crippen molar-refractivity contribution in [3.05, 3.63) is 57.5 Å². The highest BCUT2D eigenvalue weighted by Crippen LogP contribution is 2.28. The quantitative estimate of drug-likeness (QED) is 0.831. The molecule has 0 saturated carbocycles. The van der Waals surface area contributed by atoms with Gasteiger partial charge in [-0.2, -0.15) is 0 Å². The van der Waals surface area contributed by atoms with E-state index >= 15 is 0 Å². The molecular formula is C16H18BrNO3.